The molecule has 4 fully saturated rings. The Morgan fingerprint density at radius 2 is 1.79 bits per heavy atom. The Bertz CT molecular complexity index is 925. The maximum atomic E-state index is 13.3. The van der Waals surface area contributed by atoms with E-state index in [0.717, 1.165) is 5.92 Å². The average Bonchev–Trinajstić information content (AvgIpc) is 3.13. The van der Waals surface area contributed by atoms with Crippen molar-refractivity contribution in [1.82, 2.24) is 9.21 Å². The fourth-order valence-corrected chi connectivity index (χ4v) is 7.45. The maximum absolute atomic E-state index is 13.3. The molecule has 5 aliphatic rings. The predicted octanol–water partition coefficient (Wildman–Crippen LogP) is 1.51. The smallest absolute Gasteiger partial charge is 0.262 e. The number of benzene rings is 1. The number of sulfonamides is 1. The van der Waals surface area contributed by atoms with Gasteiger partial charge in [-0.1, -0.05) is 0 Å². The summed E-state index contributed by atoms with van der Waals surface area (Å²) in [5.74, 6) is 2.08. The van der Waals surface area contributed by atoms with Crippen LogP contribution in [0.1, 0.15) is 25.7 Å². The van der Waals surface area contributed by atoms with Gasteiger partial charge < -0.3 is 10.1 Å². The number of ether oxygens (including phenoxy) is 1. The summed E-state index contributed by atoms with van der Waals surface area (Å²) in [6.07, 6.45) is 5.16. The molecule has 1 saturated carbocycles. The molecule has 0 spiro atoms. The number of rotatable bonds is 4. The van der Waals surface area contributed by atoms with Crippen molar-refractivity contribution in [1.29, 1.82) is 0 Å². The van der Waals surface area contributed by atoms with Crippen LogP contribution in [0.2, 0.25) is 0 Å². The number of hydrogen-bond donors (Lipinski definition) is 1. The molecule has 150 valence electrons. The van der Waals surface area contributed by atoms with Crippen molar-refractivity contribution in [3.63, 3.8) is 0 Å². The summed E-state index contributed by atoms with van der Waals surface area (Å²) < 4.78 is 33.6. The molecule has 0 radical (unpaired) electrons. The van der Waals surface area contributed by atoms with Gasteiger partial charge in [-0.3, -0.25) is 9.69 Å². The Labute approximate surface area is 165 Å². The molecule has 1 N–H and O–H groups in total. The van der Waals surface area contributed by atoms with E-state index in [4.69, 9.17) is 4.74 Å². The minimum atomic E-state index is -3.57. The highest BCUT2D eigenvalue weighted by molar-refractivity contribution is 7.89. The molecule has 8 heteroatoms. The van der Waals surface area contributed by atoms with Gasteiger partial charge in [-0.2, -0.15) is 4.31 Å². The van der Waals surface area contributed by atoms with Crippen molar-refractivity contribution in [3.8, 4) is 5.75 Å². The van der Waals surface area contributed by atoms with E-state index in [9.17, 15) is 13.2 Å². The first-order chi connectivity index (χ1) is 13.5. The highest BCUT2D eigenvalue weighted by Gasteiger charge is 2.58. The second kappa shape index (κ2) is 5.93. The molecule has 7 nitrogen and oxygen atoms in total. The predicted molar refractivity (Wildman–Crippen MR) is 103 cm³/mol. The van der Waals surface area contributed by atoms with Gasteiger partial charge in [0.25, 0.3) is 5.91 Å². The van der Waals surface area contributed by atoms with E-state index in [-0.39, 0.29) is 17.4 Å². The second-order valence-electron chi connectivity index (χ2n) is 9.00. The van der Waals surface area contributed by atoms with Gasteiger partial charge in [0.15, 0.2) is 6.61 Å². The highest BCUT2D eigenvalue weighted by atomic mass is 32.2. The van der Waals surface area contributed by atoms with Gasteiger partial charge in [-0.05, 0) is 61.6 Å². The van der Waals surface area contributed by atoms with Crippen molar-refractivity contribution < 1.29 is 17.9 Å². The Balaban J connectivity index is 1.24. The number of nitrogens with zero attached hydrogens (tertiary/aromatic N) is 2. The van der Waals surface area contributed by atoms with Crippen molar-refractivity contribution in [2.75, 3.05) is 31.6 Å². The minimum absolute atomic E-state index is 0.0330. The van der Waals surface area contributed by atoms with Gasteiger partial charge in [0.1, 0.15) is 5.75 Å². The molecule has 4 aliphatic heterocycles. The van der Waals surface area contributed by atoms with Gasteiger partial charge in [0.2, 0.25) is 10.0 Å². The SMILES string of the molecule is O=C1COc2ccc(S(=O)(=O)N3C[C@@H]4[C@H](C3)[C@@H]3CC[C@H]4N3CC3CC3)cc2N1. The van der Waals surface area contributed by atoms with Crippen LogP contribution in [-0.2, 0) is 14.8 Å². The van der Waals surface area contributed by atoms with Gasteiger partial charge in [-0.25, -0.2) is 8.42 Å². The first-order valence-corrected chi connectivity index (χ1v) is 11.8. The Morgan fingerprint density at radius 3 is 2.46 bits per heavy atom. The largest absolute Gasteiger partial charge is 0.482 e. The van der Waals surface area contributed by atoms with E-state index in [2.05, 4.69) is 10.2 Å². The summed E-state index contributed by atoms with van der Waals surface area (Å²) in [6, 6.07) is 5.89. The van der Waals surface area contributed by atoms with E-state index in [0.29, 0.717) is 48.4 Å². The Kier molecular flexibility index (Phi) is 3.65. The molecular weight excluding hydrogens is 378 g/mol. The molecule has 1 aromatic rings. The van der Waals surface area contributed by atoms with E-state index in [1.165, 1.54) is 38.3 Å². The van der Waals surface area contributed by atoms with Gasteiger partial charge in [0.05, 0.1) is 10.6 Å². The Morgan fingerprint density at radius 1 is 1.07 bits per heavy atom. The van der Waals surface area contributed by atoms with Crippen LogP contribution in [0.5, 0.6) is 5.75 Å². The average molecular weight is 404 g/mol. The summed E-state index contributed by atoms with van der Waals surface area (Å²) in [6.45, 7) is 2.43. The van der Waals surface area contributed by atoms with Crippen molar-refractivity contribution in [2.24, 2.45) is 17.8 Å². The summed E-state index contributed by atoms with van der Waals surface area (Å²) in [5.41, 5.74) is 0.437. The molecular formula is C20H25N3O4S. The molecule has 1 aliphatic carbocycles. The molecule has 6 rings (SSSR count). The van der Waals surface area contributed by atoms with Crippen LogP contribution in [0.4, 0.5) is 5.69 Å². The lowest BCUT2D eigenvalue weighted by atomic mass is 9.82. The van der Waals surface area contributed by atoms with Gasteiger partial charge in [-0.15, -0.1) is 0 Å². The fourth-order valence-electron chi connectivity index (χ4n) is 5.91. The number of nitrogens with one attached hydrogen (secondary N) is 1. The van der Waals surface area contributed by atoms with Crippen LogP contribution in [0, 0.1) is 17.8 Å². The third-order valence-electron chi connectivity index (χ3n) is 7.37. The third-order valence-corrected chi connectivity index (χ3v) is 9.19. The standard InChI is InChI=1S/C20H25N3O4S/c24-20-11-27-19-6-3-13(7-16(19)21-20)28(25,26)22-9-14-15(10-22)18-5-4-17(14)23(18)8-12-1-2-12/h3,6-7,12,14-15,17-18H,1-2,4-5,8-11H2,(H,21,24)/t14-,15+,17-,18+. The topological polar surface area (TPSA) is 79.0 Å². The number of carbonyl (C=O) groups excluding carboxylic acids is 1. The first-order valence-electron chi connectivity index (χ1n) is 10.3. The number of anilines is 1. The van der Waals surface area contributed by atoms with Crippen molar-refractivity contribution in [3.05, 3.63) is 18.2 Å². The van der Waals surface area contributed by atoms with Gasteiger partial charge >= 0.3 is 0 Å². The lowest BCUT2D eigenvalue weighted by molar-refractivity contribution is -0.118. The number of hydrogen-bond acceptors (Lipinski definition) is 5. The van der Waals surface area contributed by atoms with Gasteiger partial charge in [0, 0.05) is 31.7 Å². The summed E-state index contributed by atoms with van der Waals surface area (Å²) in [5, 5.41) is 2.70. The number of fused-ring (bicyclic) bond motifs is 6. The molecule has 1 amide bonds. The summed E-state index contributed by atoms with van der Waals surface area (Å²) in [4.78, 5) is 14.5. The molecule has 1 aromatic carbocycles. The van der Waals surface area contributed by atoms with E-state index in [1.54, 1.807) is 16.4 Å². The monoisotopic (exact) mass is 403 g/mol. The third kappa shape index (κ3) is 2.54. The normalized spacial score (nSPS) is 34.8. The number of carbonyl (C=O) groups is 1. The first kappa shape index (κ1) is 17.2. The molecule has 4 heterocycles. The molecule has 3 saturated heterocycles. The number of amides is 1. The Hall–Kier alpha value is -1.64. The molecule has 0 aromatic heterocycles. The summed E-state index contributed by atoms with van der Waals surface area (Å²) in [7, 11) is -3.57. The second-order valence-corrected chi connectivity index (χ2v) is 10.9. The van der Waals surface area contributed by atoms with Crippen LogP contribution in [0.3, 0.4) is 0 Å². The molecule has 4 atom stereocenters. The van der Waals surface area contributed by atoms with Crippen molar-refractivity contribution >= 4 is 21.6 Å². The van der Waals surface area contributed by atoms with E-state index in [1.807, 2.05) is 0 Å². The zero-order valence-electron chi connectivity index (χ0n) is 15.7. The van der Waals surface area contributed by atoms with Crippen LogP contribution in [0.15, 0.2) is 23.1 Å². The van der Waals surface area contributed by atoms with Crippen molar-refractivity contribution in [2.45, 2.75) is 42.7 Å². The van der Waals surface area contributed by atoms with Crippen LogP contribution in [-0.4, -0.2) is 61.9 Å². The van der Waals surface area contributed by atoms with Crippen LogP contribution >= 0.6 is 0 Å². The fraction of sp³-hybridized carbons (Fsp3) is 0.650. The quantitative estimate of drug-likeness (QED) is 0.825. The van der Waals surface area contributed by atoms with E-state index < -0.39 is 10.0 Å². The van der Waals surface area contributed by atoms with Crippen LogP contribution < -0.4 is 10.1 Å². The lowest BCUT2D eigenvalue weighted by Gasteiger charge is -2.27. The minimum Gasteiger partial charge on any atom is -0.482 e. The molecule has 0 unspecified atom stereocenters. The summed E-state index contributed by atoms with van der Waals surface area (Å²) >= 11 is 0. The lowest BCUT2D eigenvalue weighted by Crippen LogP contribution is -2.38. The van der Waals surface area contributed by atoms with E-state index >= 15 is 0 Å². The van der Waals surface area contributed by atoms with Crippen LogP contribution in [0.25, 0.3) is 0 Å². The zero-order valence-corrected chi connectivity index (χ0v) is 16.5. The molecule has 28 heavy (non-hydrogen) atoms. The molecule has 2 bridgehead atoms. The highest BCUT2D eigenvalue weighted by Crippen LogP contribution is 2.51. The maximum Gasteiger partial charge on any atom is 0.262 e. The zero-order chi connectivity index (χ0) is 19.0.